The number of aliphatic carboxylic acids is 1. The summed E-state index contributed by atoms with van der Waals surface area (Å²) in [5.41, 5.74) is 11.1. The first kappa shape index (κ1) is 22.3. The summed E-state index contributed by atoms with van der Waals surface area (Å²) < 4.78 is 0. The molecule has 0 aliphatic heterocycles. The fourth-order valence-electron chi connectivity index (χ4n) is 2.08. The maximum Gasteiger partial charge on any atom is 0.326 e. The minimum absolute atomic E-state index is 0.0598. The van der Waals surface area contributed by atoms with Gasteiger partial charge in [-0.1, -0.05) is 20.3 Å². The van der Waals surface area contributed by atoms with Crippen LogP contribution in [0.1, 0.15) is 39.5 Å². The van der Waals surface area contributed by atoms with Crippen molar-refractivity contribution in [1.82, 2.24) is 10.6 Å². The quantitative estimate of drug-likeness (QED) is 0.235. The van der Waals surface area contributed by atoms with Crippen LogP contribution in [0.2, 0.25) is 0 Å². The molecule has 0 unspecified atom stereocenters. The lowest BCUT2D eigenvalue weighted by Crippen LogP contribution is -2.56. The van der Waals surface area contributed by atoms with Crippen LogP contribution in [0, 0.1) is 5.92 Å². The Balaban J connectivity index is 4.62. The molecule has 0 rings (SSSR count). The summed E-state index contributed by atoms with van der Waals surface area (Å²) in [7, 11) is 0. The van der Waals surface area contributed by atoms with Crippen LogP contribution in [0.5, 0.6) is 0 Å². The van der Waals surface area contributed by atoms with E-state index >= 15 is 0 Å². The van der Waals surface area contributed by atoms with Crippen LogP contribution < -0.4 is 22.1 Å². The number of hydrogen-bond donors (Lipinski definition) is 6. The summed E-state index contributed by atoms with van der Waals surface area (Å²) in [6, 6.07) is -3.14. The molecule has 3 atom stereocenters. The summed E-state index contributed by atoms with van der Waals surface area (Å²) in [5.74, 6) is -2.44. The highest BCUT2D eigenvalue weighted by molar-refractivity contribution is 5.91. The molecule has 0 fully saturated rings. The zero-order valence-corrected chi connectivity index (χ0v) is 14.3. The molecule has 0 heterocycles. The molecule has 140 valence electrons. The van der Waals surface area contributed by atoms with Crippen LogP contribution in [-0.4, -0.2) is 59.3 Å². The second-order valence-corrected chi connectivity index (χ2v) is 6.16. The van der Waals surface area contributed by atoms with Crippen LogP contribution in [0.4, 0.5) is 0 Å². The van der Waals surface area contributed by atoms with E-state index in [2.05, 4.69) is 10.6 Å². The first-order chi connectivity index (χ1) is 11.2. The topological polar surface area (TPSA) is 168 Å². The van der Waals surface area contributed by atoms with Gasteiger partial charge in [-0.05, 0) is 31.7 Å². The average molecular weight is 346 g/mol. The molecule has 0 aromatic carbocycles. The van der Waals surface area contributed by atoms with E-state index in [9.17, 15) is 19.5 Å². The van der Waals surface area contributed by atoms with Crippen LogP contribution in [-0.2, 0) is 14.4 Å². The first-order valence-corrected chi connectivity index (χ1v) is 8.12. The van der Waals surface area contributed by atoms with Crippen molar-refractivity contribution >= 4 is 17.8 Å². The summed E-state index contributed by atoms with van der Waals surface area (Å²) in [5, 5.41) is 23.1. The maximum absolute atomic E-state index is 12.1. The van der Waals surface area contributed by atoms with E-state index in [0.717, 1.165) is 6.42 Å². The number of carbonyl (C=O) groups excluding carboxylic acids is 2. The number of carbonyl (C=O) groups is 3. The van der Waals surface area contributed by atoms with Gasteiger partial charge in [0.25, 0.3) is 0 Å². The number of amides is 2. The Bertz CT molecular complexity index is 417. The molecule has 0 aromatic heterocycles. The Hall–Kier alpha value is -1.71. The van der Waals surface area contributed by atoms with Gasteiger partial charge in [-0.2, -0.15) is 0 Å². The van der Waals surface area contributed by atoms with Crippen LogP contribution in [0.25, 0.3) is 0 Å². The molecule has 24 heavy (non-hydrogen) atoms. The SMILES string of the molecule is CC(C)C[C@H](NC(=O)[C@H](CO)NC(=O)[C@@H](N)CCCCN)C(=O)O. The highest BCUT2D eigenvalue weighted by Gasteiger charge is 2.27. The molecule has 2 amide bonds. The van der Waals surface area contributed by atoms with E-state index in [1.54, 1.807) is 0 Å². The molecule has 0 radical (unpaired) electrons. The third-order valence-corrected chi connectivity index (χ3v) is 3.44. The average Bonchev–Trinajstić information content (AvgIpc) is 2.50. The maximum atomic E-state index is 12.1. The zero-order valence-electron chi connectivity index (χ0n) is 14.3. The van der Waals surface area contributed by atoms with Gasteiger partial charge in [-0.3, -0.25) is 9.59 Å². The van der Waals surface area contributed by atoms with E-state index < -0.39 is 42.5 Å². The lowest BCUT2D eigenvalue weighted by atomic mass is 10.0. The predicted octanol–water partition coefficient (Wildman–Crippen LogP) is -1.46. The molecule has 8 N–H and O–H groups in total. The monoisotopic (exact) mass is 346 g/mol. The third kappa shape index (κ3) is 8.80. The molecule has 9 heteroatoms. The second kappa shape index (κ2) is 11.8. The normalized spacial score (nSPS) is 14.8. The number of nitrogens with one attached hydrogen (secondary N) is 2. The minimum Gasteiger partial charge on any atom is -0.480 e. The van der Waals surface area contributed by atoms with Gasteiger partial charge in [0.2, 0.25) is 11.8 Å². The Labute approximate surface area is 142 Å². The second-order valence-electron chi connectivity index (χ2n) is 6.16. The fraction of sp³-hybridized carbons (Fsp3) is 0.800. The van der Waals surface area contributed by atoms with Crippen LogP contribution in [0.3, 0.4) is 0 Å². The molecule has 0 saturated carbocycles. The molecule has 0 spiro atoms. The van der Waals surface area contributed by atoms with Gasteiger partial charge in [0.15, 0.2) is 0 Å². The van der Waals surface area contributed by atoms with Crippen LogP contribution >= 0.6 is 0 Å². The smallest absolute Gasteiger partial charge is 0.326 e. The van der Waals surface area contributed by atoms with Crippen molar-refractivity contribution in [3.8, 4) is 0 Å². The molecule has 9 nitrogen and oxygen atoms in total. The van der Waals surface area contributed by atoms with E-state index in [1.165, 1.54) is 0 Å². The van der Waals surface area contributed by atoms with Gasteiger partial charge in [0, 0.05) is 0 Å². The fourth-order valence-corrected chi connectivity index (χ4v) is 2.08. The highest BCUT2D eigenvalue weighted by atomic mass is 16.4. The predicted molar refractivity (Wildman–Crippen MR) is 88.9 cm³/mol. The molecule has 0 bridgehead atoms. The van der Waals surface area contributed by atoms with Gasteiger partial charge >= 0.3 is 5.97 Å². The van der Waals surface area contributed by atoms with Gasteiger partial charge in [-0.15, -0.1) is 0 Å². The molecule has 0 aliphatic rings. The Morgan fingerprint density at radius 1 is 1.04 bits per heavy atom. The Morgan fingerprint density at radius 3 is 2.08 bits per heavy atom. The summed E-state index contributed by atoms with van der Waals surface area (Å²) >= 11 is 0. The van der Waals surface area contributed by atoms with Crippen LogP contribution in [0.15, 0.2) is 0 Å². The van der Waals surface area contributed by atoms with Gasteiger partial charge in [-0.25, -0.2) is 4.79 Å². The molecular formula is C15H30N4O5. The number of aliphatic hydroxyl groups is 1. The number of hydrogen-bond acceptors (Lipinski definition) is 6. The largest absolute Gasteiger partial charge is 0.480 e. The van der Waals surface area contributed by atoms with Crippen molar-refractivity contribution < 1.29 is 24.6 Å². The third-order valence-electron chi connectivity index (χ3n) is 3.44. The number of carboxylic acids is 1. The first-order valence-electron chi connectivity index (χ1n) is 8.12. The van der Waals surface area contributed by atoms with Crippen molar-refractivity contribution in [1.29, 1.82) is 0 Å². The number of carboxylic acid groups (broad SMARTS) is 1. The zero-order chi connectivity index (χ0) is 18.7. The van der Waals surface area contributed by atoms with Crippen molar-refractivity contribution in [2.24, 2.45) is 17.4 Å². The number of unbranched alkanes of at least 4 members (excludes halogenated alkanes) is 1. The number of nitrogens with two attached hydrogens (primary N) is 2. The van der Waals surface area contributed by atoms with E-state index in [0.29, 0.717) is 19.4 Å². The lowest BCUT2D eigenvalue weighted by Gasteiger charge is -2.22. The van der Waals surface area contributed by atoms with Crippen molar-refractivity contribution in [2.75, 3.05) is 13.2 Å². The van der Waals surface area contributed by atoms with E-state index in [-0.39, 0.29) is 12.3 Å². The highest BCUT2D eigenvalue weighted by Crippen LogP contribution is 2.05. The minimum atomic E-state index is -1.24. The van der Waals surface area contributed by atoms with Crippen molar-refractivity contribution in [3.63, 3.8) is 0 Å². The standard InChI is InChI=1S/C15H30N4O5/c1-9(2)7-11(15(23)24)18-14(22)12(8-20)19-13(21)10(17)5-3-4-6-16/h9-12,20H,3-8,16-17H2,1-2H3,(H,18,22)(H,19,21)(H,23,24)/t10-,11-,12-/m0/s1. The summed E-state index contributed by atoms with van der Waals surface area (Å²) in [6.45, 7) is 3.51. The Kier molecular flexibility index (Phi) is 10.9. The van der Waals surface area contributed by atoms with Gasteiger partial charge in [0.1, 0.15) is 12.1 Å². The molecule has 0 saturated heterocycles. The van der Waals surface area contributed by atoms with Crippen molar-refractivity contribution in [3.05, 3.63) is 0 Å². The lowest BCUT2D eigenvalue weighted by molar-refractivity contribution is -0.143. The molecule has 0 aromatic rings. The van der Waals surface area contributed by atoms with E-state index in [4.69, 9.17) is 16.6 Å². The molecule has 0 aliphatic carbocycles. The molecular weight excluding hydrogens is 316 g/mol. The van der Waals surface area contributed by atoms with Crippen molar-refractivity contribution in [2.45, 2.75) is 57.7 Å². The number of aliphatic hydroxyl groups excluding tert-OH is 1. The summed E-state index contributed by atoms with van der Waals surface area (Å²) in [6.07, 6.45) is 2.07. The summed E-state index contributed by atoms with van der Waals surface area (Å²) in [4.78, 5) is 35.2. The Morgan fingerprint density at radius 2 is 1.62 bits per heavy atom. The van der Waals surface area contributed by atoms with Gasteiger partial charge < -0.3 is 32.3 Å². The van der Waals surface area contributed by atoms with Gasteiger partial charge in [0.05, 0.1) is 12.6 Å². The number of rotatable bonds is 12. The van der Waals surface area contributed by atoms with E-state index in [1.807, 2.05) is 13.8 Å².